The lowest BCUT2D eigenvalue weighted by atomic mass is 9.55. The van der Waals surface area contributed by atoms with E-state index in [2.05, 4.69) is 23.1 Å². The Hall–Kier alpha value is -5.37. The lowest BCUT2D eigenvalue weighted by Gasteiger charge is -2.60. The van der Waals surface area contributed by atoms with Gasteiger partial charge in [-0.25, -0.2) is 4.79 Å². The van der Waals surface area contributed by atoms with Crippen LogP contribution in [0.5, 0.6) is 23.0 Å². The molecule has 2 aliphatic carbocycles. The number of rotatable bonds is 19. The third-order valence-electron chi connectivity index (χ3n) is 12.1. The molecule has 320 valence electrons. The van der Waals surface area contributed by atoms with E-state index in [1.54, 1.807) is 30.3 Å². The normalized spacial score (nSPS) is 24.0. The SMILES string of the molecule is C=CCO[C@@]12Oc3ccc(OC(=O)NCc4ccccc4)cc3[C@H]3[C@H](CCCCO)[C@@H](CCCCO)C=C(C(=NOC)C[C@@H]1N(CCC)C(=O)c1ccc4c(c1)OCO4)[C@H]32. The van der Waals surface area contributed by atoms with Crippen LogP contribution < -0.4 is 24.3 Å². The van der Waals surface area contributed by atoms with E-state index in [0.717, 1.165) is 42.4 Å². The molecule has 0 bridgehead atoms. The Morgan fingerprint density at radius 1 is 0.983 bits per heavy atom. The van der Waals surface area contributed by atoms with Crippen molar-refractivity contribution in [1.29, 1.82) is 0 Å². The molecule has 1 fully saturated rings. The Morgan fingerprint density at radius 2 is 1.75 bits per heavy atom. The van der Waals surface area contributed by atoms with E-state index in [-0.39, 0.29) is 56.7 Å². The third-order valence-corrected chi connectivity index (χ3v) is 12.1. The lowest BCUT2D eigenvalue weighted by Crippen LogP contribution is -2.70. The molecule has 0 radical (unpaired) electrons. The molecule has 7 rings (SSSR count). The minimum absolute atomic E-state index is 0.00670. The number of nitrogens with one attached hydrogen (secondary N) is 1. The van der Waals surface area contributed by atoms with Gasteiger partial charge in [-0.15, -0.1) is 6.58 Å². The fourth-order valence-corrected chi connectivity index (χ4v) is 9.57. The summed E-state index contributed by atoms with van der Waals surface area (Å²) in [6.07, 6.45) is 8.76. The molecule has 2 aliphatic heterocycles. The maximum atomic E-state index is 14.9. The highest BCUT2D eigenvalue weighted by Gasteiger charge is 2.65. The first kappa shape index (κ1) is 42.7. The largest absolute Gasteiger partial charge is 0.459 e. The molecular formula is C47H57N3O10. The second-order valence-corrected chi connectivity index (χ2v) is 15.8. The van der Waals surface area contributed by atoms with Gasteiger partial charge in [-0.05, 0) is 91.5 Å². The van der Waals surface area contributed by atoms with Crippen molar-refractivity contribution in [2.24, 2.45) is 22.9 Å². The van der Waals surface area contributed by atoms with Crippen LogP contribution in [0.25, 0.3) is 0 Å². The number of carbonyl (C=O) groups is 2. The van der Waals surface area contributed by atoms with Gasteiger partial charge < -0.3 is 49.0 Å². The summed E-state index contributed by atoms with van der Waals surface area (Å²) in [7, 11) is 1.52. The molecule has 3 aromatic carbocycles. The standard InChI is InChI=1S/C47H57N3O10/c1-4-21-50(45(53)33-17-19-40-41(26-33)57-30-56-40)42-28-38(49-55-3)36-25-32(15-9-11-22-51)35(16-10-12-23-52)43-37-27-34(59-46(54)48-29-31-13-7-6-8-14-31)18-20-39(37)60-47(42,44(36)43)58-24-5-2/h5-8,13-14,17-20,25-27,32,35,42-44,51-52H,2,4,9-12,15-16,21-24,28-30H2,1,3H3,(H,48,54)/t32-,35+,42-,43+,44+,47+/m0/s1. The number of fused-ring (bicyclic) bond motifs is 3. The van der Waals surface area contributed by atoms with Gasteiger partial charge in [0, 0.05) is 49.8 Å². The summed E-state index contributed by atoms with van der Waals surface area (Å²) >= 11 is 0. The van der Waals surface area contributed by atoms with Gasteiger partial charge in [0.25, 0.3) is 5.91 Å². The Morgan fingerprint density at radius 3 is 2.50 bits per heavy atom. The predicted octanol–water partition coefficient (Wildman–Crippen LogP) is 7.52. The molecule has 4 aliphatic rings. The van der Waals surface area contributed by atoms with E-state index in [9.17, 15) is 19.8 Å². The highest BCUT2D eigenvalue weighted by molar-refractivity contribution is 6.03. The third kappa shape index (κ3) is 8.89. The van der Waals surface area contributed by atoms with Crippen LogP contribution in [-0.2, 0) is 16.1 Å². The molecule has 2 amide bonds. The molecule has 3 aromatic rings. The van der Waals surface area contributed by atoms with Gasteiger partial charge in [0.2, 0.25) is 12.6 Å². The Balaban J connectivity index is 1.37. The minimum atomic E-state index is -1.42. The van der Waals surface area contributed by atoms with E-state index in [4.69, 9.17) is 28.5 Å². The summed E-state index contributed by atoms with van der Waals surface area (Å²) in [5.74, 6) is -0.371. The predicted molar refractivity (Wildman–Crippen MR) is 225 cm³/mol. The number of nitrogens with zero attached hydrogens (tertiary/aromatic N) is 2. The maximum absolute atomic E-state index is 14.9. The first-order chi connectivity index (χ1) is 29.3. The number of allylic oxidation sites excluding steroid dienone is 1. The first-order valence-electron chi connectivity index (χ1n) is 21.2. The summed E-state index contributed by atoms with van der Waals surface area (Å²) in [6.45, 7) is 7.11. The van der Waals surface area contributed by atoms with Gasteiger partial charge >= 0.3 is 6.09 Å². The van der Waals surface area contributed by atoms with Gasteiger partial charge in [0.1, 0.15) is 24.7 Å². The minimum Gasteiger partial charge on any atom is -0.459 e. The number of amides is 2. The zero-order valence-electron chi connectivity index (χ0n) is 34.6. The number of carbonyl (C=O) groups excluding carboxylic acids is 2. The summed E-state index contributed by atoms with van der Waals surface area (Å²) in [5.41, 5.74) is 3.83. The van der Waals surface area contributed by atoms with E-state index in [0.29, 0.717) is 66.6 Å². The van der Waals surface area contributed by atoms with E-state index >= 15 is 0 Å². The molecule has 0 aromatic heterocycles. The van der Waals surface area contributed by atoms with Crippen LogP contribution in [0.2, 0.25) is 0 Å². The van der Waals surface area contributed by atoms with Crippen molar-refractivity contribution in [3.63, 3.8) is 0 Å². The molecule has 0 saturated heterocycles. The lowest BCUT2D eigenvalue weighted by molar-refractivity contribution is -0.254. The summed E-state index contributed by atoms with van der Waals surface area (Å²) in [4.78, 5) is 35.5. The monoisotopic (exact) mass is 823 g/mol. The van der Waals surface area contributed by atoms with Crippen molar-refractivity contribution in [1.82, 2.24) is 10.2 Å². The Bertz CT molecular complexity index is 2040. The number of ether oxygens (including phenoxy) is 5. The van der Waals surface area contributed by atoms with Crippen LogP contribution >= 0.6 is 0 Å². The number of aliphatic hydroxyl groups excluding tert-OH is 2. The number of benzene rings is 3. The summed E-state index contributed by atoms with van der Waals surface area (Å²) in [5, 5.41) is 27.3. The topological polar surface area (TPSA) is 158 Å². The highest BCUT2D eigenvalue weighted by atomic mass is 16.7. The average molecular weight is 824 g/mol. The molecule has 0 unspecified atom stereocenters. The molecule has 60 heavy (non-hydrogen) atoms. The van der Waals surface area contributed by atoms with Crippen LogP contribution in [-0.4, -0.2) is 84.9 Å². The van der Waals surface area contributed by atoms with Crippen LogP contribution in [0.1, 0.15) is 85.7 Å². The molecule has 1 saturated carbocycles. The van der Waals surface area contributed by atoms with E-state index in [1.807, 2.05) is 54.3 Å². The summed E-state index contributed by atoms with van der Waals surface area (Å²) in [6, 6.07) is 19.6. The van der Waals surface area contributed by atoms with Gasteiger partial charge in [-0.1, -0.05) is 67.4 Å². The second-order valence-electron chi connectivity index (χ2n) is 15.8. The smallest absolute Gasteiger partial charge is 0.412 e. The maximum Gasteiger partial charge on any atom is 0.412 e. The van der Waals surface area contributed by atoms with E-state index in [1.165, 1.54) is 7.11 Å². The molecule has 6 atom stereocenters. The fraction of sp³-hybridized carbons (Fsp3) is 0.468. The molecule has 0 spiro atoms. The first-order valence-corrected chi connectivity index (χ1v) is 21.2. The quantitative estimate of drug-likeness (QED) is 0.0628. The average Bonchev–Trinajstić information content (AvgIpc) is 3.74. The van der Waals surface area contributed by atoms with Crippen molar-refractivity contribution in [3.8, 4) is 23.0 Å². The molecule has 13 nitrogen and oxygen atoms in total. The van der Waals surface area contributed by atoms with Gasteiger partial charge in [-0.2, -0.15) is 0 Å². The van der Waals surface area contributed by atoms with Crippen molar-refractivity contribution in [2.75, 3.05) is 40.3 Å². The molecule has 13 heteroatoms. The van der Waals surface area contributed by atoms with Crippen LogP contribution in [0.4, 0.5) is 4.79 Å². The zero-order valence-corrected chi connectivity index (χ0v) is 34.6. The van der Waals surface area contributed by atoms with E-state index < -0.39 is 23.8 Å². The van der Waals surface area contributed by atoms with Crippen molar-refractivity contribution >= 4 is 17.7 Å². The van der Waals surface area contributed by atoms with Crippen molar-refractivity contribution in [2.45, 2.75) is 82.6 Å². The zero-order chi connectivity index (χ0) is 42.1. The fourth-order valence-electron chi connectivity index (χ4n) is 9.57. The van der Waals surface area contributed by atoms with Crippen LogP contribution in [0.3, 0.4) is 0 Å². The van der Waals surface area contributed by atoms with Crippen LogP contribution in [0.15, 0.2) is 96.2 Å². The summed E-state index contributed by atoms with van der Waals surface area (Å²) < 4.78 is 31.5. The highest BCUT2D eigenvalue weighted by Crippen LogP contribution is 2.62. The van der Waals surface area contributed by atoms with Crippen molar-refractivity contribution < 1.29 is 48.3 Å². The Labute approximate surface area is 351 Å². The molecule has 2 heterocycles. The van der Waals surface area contributed by atoms with Crippen molar-refractivity contribution in [3.05, 3.63) is 108 Å². The van der Waals surface area contributed by atoms with Gasteiger partial charge in [0.05, 0.1) is 18.2 Å². The number of oxime groups is 1. The van der Waals surface area contributed by atoms with Gasteiger partial charge in [0.15, 0.2) is 11.5 Å². The van der Waals surface area contributed by atoms with Gasteiger partial charge in [-0.3, -0.25) is 4.79 Å². The Kier molecular flexibility index (Phi) is 14.1. The second kappa shape index (κ2) is 19.8. The number of hydrogen-bond acceptors (Lipinski definition) is 11. The molecule has 3 N–H and O–H groups in total. The number of unbranched alkanes of at least 4 members (excludes halogenated alkanes) is 2. The van der Waals surface area contributed by atoms with Crippen LogP contribution in [0, 0.1) is 17.8 Å². The molecular weight excluding hydrogens is 767 g/mol. The number of aliphatic hydroxyl groups is 2. The number of hydrogen-bond donors (Lipinski definition) is 3.